The van der Waals surface area contributed by atoms with Crippen molar-refractivity contribution in [1.82, 2.24) is 0 Å². The summed E-state index contributed by atoms with van der Waals surface area (Å²) in [6.45, 7) is 0. The minimum atomic E-state index is -4.22. The number of hydrogen-bond acceptors (Lipinski definition) is 4. The van der Waals surface area contributed by atoms with E-state index in [0.717, 1.165) is 24.3 Å². The molecule has 29 heavy (non-hydrogen) atoms. The summed E-state index contributed by atoms with van der Waals surface area (Å²) in [6.07, 6.45) is 0. The summed E-state index contributed by atoms with van der Waals surface area (Å²) in [5.41, 5.74) is -0.0854. The molecule has 6 nitrogen and oxygen atoms in total. The number of hydrogen-bond donors (Lipinski definition) is 2. The molecule has 0 amide bonds. The maximum absolute atomic E-state index is 13.1. The molecule has 3 aromatic carbocycles. The monoisotopic (exact) mass is 474 g/mol. The Kier molecular flexibility index (Phi) is 6.04. The first-order valence-corrected chi connectivity index (χ1v) is 11.7. The van der Waals surface area contributed by atoms with Crippen LogP contribution in [-0.4, -0.2) is 16.8 Å². The Morgan fingerprint density at radius 2 is 1.14 bits per heavy atom. The van der Waals surface area contributed by atoms with E-state index in [1.165, 1.54) is 42.5 Å². The van der Waals surface area contributed by atoms with Crippen LogP contribution in [0.2, 0.25) is 10.0 Å². The highest BCUT2D eigenvalue weighted by atomic mass is 35.5. The fraction of sp³-hybridized carbons (Fsp3) is 0. The predicted molar refractivity (Wildman–Crippen MR) is 111 cm³/mol. The van der Waals surface area contributed by atoms with Crippen LogP contribution in [0, 0.1) is 5.82 Å². The van der Waals surface area contributed by atoms with E-state index in [4.69, 9.17) is 23.2 Å². The standard InChI is InChI=1S/C18H13Cl2FN2O4S2/c19-14-4-3-5-15(20)18(14)29(26,27)23-17-7-2-1-6-16(17)22-28(24,25)13-10-8-12(21)9-11-13/h1-11,22-23H. The minimum absolute atomic E-state index is 0.0384. The van der Waals surface area contributed by atoms with Crippen LogP contribution < -0.4 is 9.44 Å². The van der Waals surface area contributed by atoms with Gasteiger partial charge < -0.3 is 0 Å². The van der Waals surface area contributed by atoms with Crippen molar-refractivity contribution in [2.45, 2.75) is 9.79 Å². The van der Waals surface area contributed by atoms with Crippen LogP contribution in [-0.2, 0) is 20.0 Å². The zero-order valence-electron chi connectivity index (χ0n) is 14.4. The van der Waals surface area contributed by atoms with Crippen molar-refractivity contribution in [3.63, 3.8) is 0 Å². The Bertz CT molecular complexity index is 1250. The van der Waals surface area contributed by atoms with Crippen molar-refractivity contribution in [2.24, 2.45) is 0 Å². The van der Waals surface area contributed by atoms with Gasteiger partial charge in [0.05, 0.1) is 26.3 Å². The Labute approximate surface area is 177 Å². The van der Waals surface area contributed by atoms with E-state index in [1.807, 2.05) is 0 Å². The quantitative estimate of drug-likeness (QED) is 0.539. The van der Waals surface area contributed by atoms with E-state index >= 15 is 0 Å². The van der Waals surface area contributed by atoms with Crippen LogP contribution in [0.25, 0.3) is 0 Å². The Hall–Kier alpha value is -2.33. The highest BCUT2D eigenvalue weighted by Gasteiger charge is 2.24. The van der Waals surface area contributed by atoms with Gasteiger partial charge in [0.1, 0.15) is 10.7 Å². The number of benzene rings is 3. The van der Waals surface area contributed by atoms with Gasteiger partial charge in [0, 0.05) is 0 Å². The van der Waals surface area contributed by atoms with Gasteiger partial charge in [0.25, 0.3) is 20.0 Å². The van der Waals surface area contributed by atoms with Crippen molar-refractivity contribution >= 4 is 54.6 Å². The molecule has 0 atom stereocenters. The molecule has 0 saturated carbocycles. The molecule has 0 fully saturated rings. The Morgan fingerprint density at radius 1 is 0.655 bits per heavy atom. The summed E-state index contributed by atoms with van der Waals surface area (Å²) in [6, 6.07) is 14.2. The molecule has 0 aliphatic rings. The smallest absolute Gasteiger partial charge is 0.264 e. The van der Waals surface area contributed by atoms with E-state index in [9.17, 15) is 21.2 Å². The van der Waals surface area contributed by atoms with Crippen LogP contribution in [0.3, 0.4) is 0 Å². The van der Waals surface area contributed by atoms with Crippen molar-refractivity contribution in [2.75, 3.05) is 9.44 Å². The minimum Gasteiger partial charge on any atom is -0.277 e. The number of sulfonamides is 2. The molecule has 0 radical (unpaired) electrons. The van der Waals surface area contributed by atoms with Crippen molar-refractivity contribution in [1.29, 1.82) is 0 Å². The third-order valence-electron chi connectivity index (χ3n) is 3.73. The summed E-state index contributed by atoms with van der Waals surface area (Å²) < 4.78 is 68.3. The number of rotatable bonds is 6. The zero-order valence-corrected chi connectivity index (χ0v) is 17.6. The lowest BCUT2D eigenvalue weighted by Gasteiger charge is -2.15. The van der Waals surface area contributed by atoms with Gasteiger partial charge in [-0.2, -0.15) is 0 Å². The molecule has 0 aliphatic heterocycles. The van der Waals surface area contributed by atoms with Crippen LogP contribution in [0.4, 0.5) is 15.8 Å². The Morgan fingerprint density at radius 3 is 1.66 bits per heavy atom. The maximum Gasteiger partial charge on any atom is 0.264 e. The zero-order chi connectivity index (χ0) is 21.2. The molecule has 0 aliphatic carbocycles. The average molecular weight is 475 g/mol. The topological polar surface area (TPSA) is 92.3 Å². The first-order chi connectivity index (χ1) is 13.6. The first-order valence-electron chi connectivity index (χ1n) is 7.94. The number of para-hydroxylation sites is 2. The maximum atomic E-state index is 13.1. The highest BCUT2D eigenvalue weighted by Crippen LogP contribution is 2.32. The van der Waals surface area contributed by atoms with E-state index in [0.29, 0.717) is 0 Å². The second-order valence-electron chi connectivity index (χ2n) is 5.76. The fourth-order valence-corrected chi connectivity index (χ4v) is 5.72. The molecule has 0 unspecified atom stereocenters. The summed E-state index contributed by atoms with van der Waals surface area (Å²) in [7, 11) is -8.31. The third kappa shape index (κ3) is 4.81. The van der Waals surface area contributed by atoms with E-state index in [1.54, 1.807) is 0 Å². The molecule has 0 spiro atoms. The predicted octanol–water partition coefficient (Wildman–Crippen LogP) is 4.73. The number of halogens is 3. The van der Waals surface area contributed by atoms with Crippen LogP contribution >= 0.6 is 23.2 Å². The van der Waals surface area contributed by atoms with Gasteiger partial charge in [0.15, 0.2) is 0 Å². The van der Waals surface area contributed by atoms with Crippen LogP contribution in [0.1, 0.15) is 0 Å². The molecule has 152 valence electrons. The average Bonchev–Trinajstić information content (AvgIpc) is 2.63. The summed E-state index contributed by atoms with van der Waals surface area (Å²) in [4.78, 5) is -0.523. The van der Waals surface area contributed by atoms with Gasteiger partial charge in [-0.3, -0.25) is 9.44 Å². The molecular weight excluding hydrogens is 462 g/mol. The normalized spacial score (nSPS) is 11.8. The van der Waals surface area contributed by atoms with Gasteiger partial charge >= 0.3 is 0 Å². The molecule has 0 heterocycles. The van der Waals surface area contributed by atoms with Gasteiger partial charge in [-0.25, -0.2) is 21.2 Å². The molecule has 0 bridgehead atoms. The molecule has 0 saturated heterocycles. The fourth-order valence-electron chi connectivity index (χ4n) is 2.41. The summed E-state index contributed by atoms with van der Waals surface area (Å²) >= 11 is 11.9. The second kappa shape index (κ2) is 8.19. The lowest BCUT2D eigenvalue weighted by atomic mass is 10.3. The summed E-state index contributed by atoms with van der Waals surface area (Å²) in [5, 5.41) is -0.177. The molecule has 11 heteroatoms. The molecule has 3 aromatic rings. The van der Waals surface area contributed by atoms with Crippen molar-refractivity contribution < 1.29 is 21.2 Å². The number of anilines is 2. The highest BCUT2D eigenvalue weighted by molar-refractivity contribution is 7.93. The van der Waals surface area contributed by atoms with Gasteiger partial charge in [-0.15, -0.1) is 0 Å². The molecular formula is C18H13Cl2FN2O4S2. The van der Waals surface area contributed by atoms with E-state index in [2.05, 4.69) is 9.44 Å². The van der Waals surface area contributed by atoms with Crippen LogP contribution in [0.15, 0.2) is 76.5 Å². The molecule has 0 aromatic heterocycles. The largest absolute Gasteiger partial charge is 0.277 e. The Balaban J connectivity index is 1.97. The SMILES string of the molecule is O=S(=O)(Nc1ccccc1NS(=O)(=O)c1c(Cl)cccc1Cl)c1ccc(F)cc1. The van der Waals surface area contributed by atoms with Crippen LogP contribution in [0.5, 0.6) is 0 Å². The van der Waals surface area contributed by atoms with E-state index < -0.39 is 25.9 Å². The third-order valence-corrected chi connectivity index (χ3v) is 7.43. The van der Waals surface area contributed by atoms with Gasteiger partial charge in [0.2, 0.25) is 0 Å². The lowest BCUT2D eigenvalue weighted by Crippen LogP contribution is -2.18. The van der Waals surface area contributed by atoms with Gasteiger partial charge in [-0.05, 0) is 48.5 Å². The second-order valence-corrected chi connectivity index (χ2v) is 9.88. The summed E-state index contributed by atoms with van der Waals surface area (Å²) in [5.74, 6) is -0.589. The van der Waals surface area contributed by atoms with Crippen molar-refractivity contribution in [3.05, 3.63) is 82.6 Å². The van der Waals surface area contributed by atoms with Gasteiger partial charge in [-0.1, -0.05) is 41.4 Å². The lowest BCUT2D eigenvalue weighted by molar-refractivity contribution is 0.598. The number of nitrogens with one attached hydrogen (secondary N) is 2. The molecule has 3 rings (SSSR count). The first kappa shape index (κ1) is 21.4. The van der Waals surface area contributed by atoms with Crippen molar-refractivity contribution in [3.8, 4) is 0 Å². The van der Waals surface area contributed by atoms with E-state index in [-0.39, 0.29) is 31.2 Å². The molecule has 2 N–H and O–H groups in total.